The van der Waals surface area contributed by atoms with E-state index in [2.05, 4.69) is 15.2 Å². The van der Waals surface area contributed by atoms with Crippen molar-refractivity contribution in [2.45, 2.75) is 27.2 Å². The van der Waals surface area contributed by atoms with Gasteiger partial charge in [-0.05, 0) is 54.8 Å². The molecule has 0 amide bonds. The Hall–Kier alpha value is -3.28. The summed E-state index contributed by atoms with van der Waals surface area (Å²) >= 11 is 0. The minimum absolute atomic E-state index is 0.265. The van der Waals surface area contributed by atoms with Crippen LogP contribution >= 0.6 is 0 Å². The van der Waals surface area contributed by atoms with E-state index in [0.29, 0.717) is 35.3 Å². The lowest BCUT2D eigenvalue weighted by Crippen LogP contribution is -1.95. The van der Waals surface area contributed by atoms with Crippen LogP contribution in [0.2, 0.25) is 0 Å². The number of aromatic nitrogens is 3. The fourth-order valence-corrected chi connectivity index (χ4v) is 2.98. The van der Waals surface area contributed by atoms with Crippen molar-refractivity contribution in [1.82, 2.24) is 15.2 Å². The summed E-state index contributed by atoms with van der Waals surface area (Å²) in [6, 6.07) is 10.6. The van der Waals surface area contributed by atoms with Crippen LogP contribution in [-0.2, 0) is 6.42 Å². The SMILES string of the molecule is CCc1cc(C)c(Oc2ccnc3ccc(-c4nnc(C)o4)cc23)cc1F. The van der Waals surface area contributed by atoms with E-state index in [1.165, 1.54) is 6.07 Å². The Balaban J connectivity index is 1.79. The highest BCUT2D eigenvalue weighted by Crippen LogP contribution is 2.34. The third-order valence-corrected chi connectivity index (χ3v) is 4.42. The molecule has 0 saturated heterocycles. The molecule has 136 valence electrons. The van der Waals surface area contributed by atoms with Crippen molar-refractivity contribution in [1.29, 1.82) is 0 Å². The number of aryl methyl sites for hydroxylation is 3. The van der Waals surface area contributed by atoms with Gasteiger partial charge in [0.25, 0.3) is 0 Å². The van der Waals surface area contributed by atoms with Crippen molar-refractivity contribution in [2.75, 3.05) is 0 Å². The number of hydrogen-bond donors (Lipinski definition) is 0. The van der Waals surface area contributed by atoms with Crippen LogP contribution < -0.4 is 4.74 Å². The summed E-state index contributed by atoms with van der Waals surface area (Å²) in [7, 11) is 0. The maximum absolute atomic E-state index is 14.2. The van der Waals surface area contributed by atoms with Crippen molar-refractivity contribution in [3.05, 3.63) is 65.4 Å². The van der Waals surface area contributed by atoms with Crippen LogP contribution in [-0.4, -0.2) is 15.2 Å². The van der Waals surface area contributed by atoms with Gasteiger partial charge in [0, 0.05) is 30.1 Å². The number of ether oxygens (including phenoxy) is 1. The van der Waals surface area contributed by atoms with E-state index >= 15 is 0 Å². The molecule has 0 aliphatic rings. The third kappa shape index (κ3) is 3.26. The molecular formula is C21H18FN3O2. The second-order valence-corrected chi connectivity index (χ2v) is 6.33. The average Bonchev–Trinajstić information content (AvgIpc) is 3.10. The smallest absolute Gasteiger partial charge is 0.247 e. The van der Waals surface area contributed by atoms with E-state index in [1.807, 2.05) is 38.1 Å². The van der Waals surface area contributed by atoms with Crippen LogP contribution in [0.15, 0.2) is 47.0 Å². The highest BCUT2D eigenvalue weighted by atomic mass is 19.1. The molecule has 0 aliphatic heterocycles. The van der Waals surface area contributed by atoms with Crippen LogP contribution in [0.5, 0.6) is 11.5 Å². The molecule has 0 saturated carbocycles. The molecule has 4 aromatic rings. The van der Waals surface area contributed by atoms with Crippen LogP contribution in [0, 0.1) is 19.7 Å². The molecule has 2 heterocycles. The number of halogens is 1. The first-order valence-corrected chi connectivity index (χ1v) is 8.71. The van der Waals surface area contributed by atoms with Crippen molar-refractivity contribution in [3.8, 4) is 23.0 Å². The van der Waals surface area contributed by atoms with Gasteiger partial charge < -0.3 is 9.15 Å². The highest BCUT2D eigenvalue weighted by molar-refractivity contribution is 5.88. The van der Waals surface area contributed by atoms with Crippen molar-refractivity contribution >= 4 is 10.9 Å². The molecule has 0 fully saturated rings. The fraction of sp³-hybridized carbons (Fsp3) is 0.190. The van der Waals surface area contributed by atoms with Crippen molar-refractivity contribution < 1.29 is 13.5 Å². The second kappa shape index (κ2) is 6.79. The predicted molar refractivity (Wildman–Crippen MR) is 100 cm³/mol. The molecule has 0 spiro atoms. The Labute approximate surface area is 155 Å². The van der Waals surface area contributed by atoms with E-state index < -0.39 is 0 Å². The van der Waals surface area contributed by atoms with Gasteiger partial charge in [0.2, 0.25) is 11.8 Å². The molecule has 0 aliphatic carbocycles. The number of rotatable bonds is 4. The molecule has 0 N–H and O–H groups in total. The van der Waals surface area contributed by atoms with Gasteiger partial charge in [-0.15, -0.1) is 10.2 Å². The standard InChI is InChI=1S/C21H18FN3O2/c1-4-14-9-12(2)20(11-17(14)22)27-19-7-8-23-18-6-5-15(10-16(18)19)21-25-24-13(3)26-21/h5-11H,4H2,1-3H3. The van der Waals surface area contributed by atoms with E-state index in [-0.39, 0.29) is 5.82 Å². The zero-order valence-corrected chi connectivity index (χ0v) is 15.3. The highest BCUT2D eigenvalue weighted by Gasteiger charge is 2.13. The summed E-state index contributed by atoms with van der Waals surface area (Å²) in [5.74, 6) is 1.73. The van der Waals surface area contributed by atoms with Gasteiger partial charge in [-0.25, -0.2) is 4.39 Å². The Morgan fingerprint density at radius 2 is 1.89 bits per heavy atom. The Kier molecular flexibility index (Phi) is 4.32. The van der Waals surface area contributed by atoms with Gasteiger partial charge in [0.05, 0.1) is 5.52 Å². The molecule has 4 rings (SSSR count). The maximum atomic E-state index is 14.2. The second-order valence-electron chi connectivity index (χ2n) is 6.33. The molecule has 6 heteroatoms. The minimum atomic E-state index is -0.265. The normalized spacial score (nSPS) is 11.1. The fourth-order valence-electron chi connectivity index (χ4n) is 2.98. The maximum Gasteiger partial charge on any atom is 0.247 e. The first-order chi connectivity index (χ1) is 13.0. The monoisotopic (exact) mass is 363 g/mol. The first kappa shape index (κ1) is 17.1. The van der Waals surface area contributed by atoms with Gasteiger partial charge in [0.15, 0.2) is 0 Å². The van der Waals surface area contributed by atoms with Gasteiger partial charge in [0.1, 0.15) is 17.3 Å². The van der Waals surface area contributed by atoms with Gasteiger partial charge in [-0.2, -0.15) is 0 Å². The molecule has 2 aromatic carbocycles. The summed E-state index contributed by atoms with van der Waals surface area (Å²) in [5, 5.41) is 8.70. The number of nitrogens with zero attached hydrogens (tertiary/aromatic N) is 3. The van der Waals surface area contributed by atoms with E-state index in [1.54, 1.807) is 19.2 Å². The molecule has 5 nitrogen and oxygen atoms in total. The molecule has 0 atom stereocenters. The summed E-state index contributed by atoms with van der Waals surface area (Å²) in [4.78, 5) is 4.37. The summed E-state index contributed by atoms with van der Waals surface area (Å²) in [6.45, 7) is 5.57. The molecule has 27 heavy (non-hydrogen) atoms. The number of hydrogen-bond acceptors (Lipinski definition) is 5. The van der Waals surface area contributed by atoms with Crippen LogP contribution in [0.4, 0.5) is 4.39 Å². The van der Waals surface area contributed by atoms with Gasteiger partial charge >= 0.3 is 0 Å². The van der Waals surface area contributed by atoms with Crippen molar-refractivity contribution in [3.63, 3.8) is 0 Å². The predicted octanol–water partition coefficient (Wildman–Crippen LogP) is 5.40. The van der Waals surface area contributed by atoms with Gasteiger partial charge in [-0.1, -0.05) is 6.92 Å². The lowest BCUT2D eigenvalue weighted by molar-refractivity contribution is 0.476. The van der Waals surface area contributed by atoms with Crippen LogP contribution in [0.3, 0.4) is 0 Å². The number of benzene rings is 2. The molecule has 0 radical (unpaired) electrons. The number of fused-ring (bicyclic) bond motifs is 1. The van der Waals surface area contributed by atoms with E-state index in [9.17, 15) is 4.39 Å². The lowest BCUT2D eigenvalue weighted by atomic mass is 10.1. The first-order valence-electron chi connectivity index (χ1n) is 8.71. The van der Waals surface area contributed by atoms with Crippen LogP contribution in [0.1, 0.15) is 23.9 Å². The molecule has 2 aromatic heterocycles. The largest absolute Gasteiger partial charge is 0.456 e. The molecule has 0 unspecified atom stereocenters. The summed E-state index contributed by atoms with van der Waals surface area (Å²) in [5.41, 5.74) is 3.08. The Bertz CT molecular complexity index is 1140. The summed E-state index contributed by atoms with van der Waals surface area (Å²) < 4.78 is 25.8. The Morgan fingerprint density at radius 1 is 1.04 bits per heavy atom. The van der Waals surface area contributed by atoms with E-state index in [4.69, 9.17) is 9.15 Å². The zero-order chi connectivity index (χ0) is 19.0. The summed E-state index contributed by atoms with van der Waals surface area (Å²) in [6.07, 6.45) is 2.30. The average molecular weight is 363 g/mol. The van der Waals surface area contributed by atoms with Gasteiger partial charge in [-0.3, -0.25) is 4.98 Å². The minimum Gasteiger partial charge on any atom is -0.456 e. The zero-order valence-electron chi connectivity index (χ0n) is 15.3. The molecular weight excluding hydrogens is 345 g/mol. The third-order valence-electron chi connectivity index (χ3n) is 4.42. The van der Waals surface area contributed by atoms with Crippen LogP contribution in [0.25, 0.3) is 22.4 Å². The quantitative estimate of drug-likeness (QED) is 0.486. The Morgan fingerprint density at radius 3 is 2.63 bits per heavy atom. The lowest BCUT2D eigenvalue weighted by Gasteiger charge is -2.13. The molecule has 0 bridgehead atoms. The van der Waals surface area contributed by atoms with Crippen molar-refractivity contribution in [2.24, 2.45) is 0 Å². The number of pyridine rings is 1. The van der Waals surface area contributed by atoms with E-state index in [0.717, 1.165) is 22.0 Å². The topological polar surface area (TPSA) is 61.0 Å².